The van der Waals surface area contributed by atoms with E-state index in [0.717, 1.165) is 17.7 Å². The van der Waals surface area contributed by atoms with Crippen molar-refractivity contribution in [2.24, 2.45) is 0 Å². The van der Waals surface area contributed by atoms with Crippen LogP contribution in [0.15, 0.2) is 12.1 Å². The van der Waals surface area contributed by atoms with Crippen molar-refractivity contribution in [3.05, 3.63) is 29.1 Å². The molecule has 1 aromatic rings. The van der Waals surface area contributed by atoms with Crippen molar-refractivity contribution in [2.75, 3.05) is 6.61 Å². The van der Waals surface area contributed by atoms with Gasteiger partial charge < -0.3 is 9.29 Å². The van der Waals surface area contributed by atoms with Crippen LogP contribution in [0, 0.1) is 5.82 Å². The largest absolute Gasteiger partial charge is 0.598 e. The molecule has 2 rings (SSSR count). The summed E-state index contributed by atoms with van der Waals surface area (Å²) in [4.78, 5) is 0. The topological polar surface area (TPSA) is 44.3 Å². The molecule has 19 heavy (non-hydrogen) atoms. The summed E-state index contributed by atoms with van der Waals surface area (Å²) in [5.74, 6) is 0.474. The molecule has 0 saturated heterocycles. The third-order valence-corrected chi connectivity index (χ3v) is 4.80. The minimum absolute atomic E-state index is 0.268. The molecule has 1 unspecified atom stereocenters. The fourth-order valence-electron chi connectivity index (χ4n) is 1.94. The number of halogens is 1. The molecule has 1 aliphatic rings. The molecule has 0 saturated carbocycles. The van der Waals surface area contributed by atoms with Crippen LogP contribution in [0.3, 0.4) is 0 Å². The Bertz CT molecular complexity index is 473. The Morgan fingerprint density at radius 3 is 2.74 bits per heavy atom. The van der Waals surface area contributed by atoms with Crippen LogP contribution in [0.4, 0.5) is 4.39 Å². The number of rotatable bonds is 3. The number of fused-ring (bicyclic) bond motifs is 1. The van der Waals surface area contributed by atoms with Crippen LogP contribution >= 0.6 is 0 Å². The van der Waals surface area contributed by atoms with Crippen LogP contribution in [0.5, 0.6) is 5.75 Å². The van der Waals surface area contributed by atoms with Gasteiger partial charge in [0.1, 0.15) is 16.3 Å². The zero-order valence-electron chi connectivity index (χ0n) is 11.7. The van der Waals surface area contributed by atoms with Crippen LogP contribution in [0.25, 0.3) is 0 Å². The highest BCUT2D eigenvalue weighted by Crippen LogP contribution is 2.31. The van der Waals surface area contributed by atoms with E-state index in [1.807, 2.05) is 27.7 Å². The Balaban J connectivity index is 2.18. The van der Waals surface area contributed by atoms with E-state index >= 15 is 0 Å². The van der Waals surface area contributed by atoms with E-state index in [1.54, 1.807) is 6.07 Å². The van der Waals surface area contributed by atoms with Crippen LogP contribution < -0.4 is 9.46 Å². The van der Waals surface area contributed by atoms with E-state index in [-0.39, 0.29) is 16.6 Å². The van der Waals surface area contributed by atoms with Crippen molar-refractivity contribution >= 4 is 11.4 Å². The number of hydrogen-bond acceptors (Lipinski definition) is 3. The summed E-state index contributed by atoms with van der Waals surface area (Å²) in [6.07, 6.45) is 0.752. The van der Waals surface area contributed by atoms with E-state index in [9.17, 15) is 8.94 Å². The first kappa shape index (κ1) is 14.6. The smallest absolute Gasteiger partial charge is 0.136 e. The van der Waals surface area contributed by atoms with Gasteiger partial charge in [0.15, 0.2) is 0 Å². The maximum Gasteiger partial charge on any atom is 0.136 e. The molecule has 0 spiro atoms. The molecule has 1 aromatic carbocycles. The number of benzene rings is 1. The lowest BCUT2D eigenvalue weighted by Crippen LogP contribution is -2.40. The second-order valence-electron chi connectivity index (χ2n) is 5.80. The van der Waals surface area contributed by atoms with Crippen molar-refractivity contribution in [1.82, 2.24) is 4.72 Å². The highest BCUT2D eigenvalue weighted by atomic mass is 32.2. The standard InChI is InChI=1S/C14H20FNO2S/c1-9(16-19(17)14(2,3)4)11-8-13-10(5-6-18-13)7-12(11)15/h7-9,16H,5-6H2,1-4H3/t9-,19?/m0/s1. The van der Waals surface area contributed by atoms with Crippen molar-refractivity contribution in [3.63, 3.8) is 0 Å². The van der Waals surface area contributed by atoms with Gasteiger partial charge in [-0.05, 0) is 39.8 Å². The maximum absolute atomic E-state index is 14.0. The number of ether oxygens (including phenoxy) is 1. The average molecular weight is 285 g/mol. The SMILES string of the molecule is C[C@H](N[S+]([O-])C(C)(C)C)c1cc2c(cc1F)CCO2. The predicted molar refractivity (Wildman–Crippen MR) is 75.0 cm³/mol. The first-order valence-electron chi connectivity index (χ1n) is 6.42. The Morgan fingerprint density at radius 2 is 2.11 bits per heavy atom. The Morgan fingerprint density at radius 1 is 1.42 bits per heavy atom. The number of hydrogen-bond donors (Lipinski definition) is 1. The fourth-order valence-corrected chi connectivity index (χ4v) is 2.75. The van der Waals surface area contributed by atoms with Crippen molar-refractivity contribution in [3.8, 4) is 5.75 Å². The van der Waals surface area contributed by atoms with E-state index < -0.39 is 11.4 Å². The summed E-state index contributed by atoms with van der Waals surface area (Å²) < 4.78 is 34.1. The summed E-state index contributed by atoms with van der Waals surface area (Å²) >= 11 is -1.23. The van der Waals surface area contributed by atoms with Crippen molar-refractivity contribution in [1.29, 1.82) is 0 Å². The lowest BCUT2D eigenvalue weighted by atomic mass is 10.0. The van der Waals surface area contributed by atoms with Gasteiger partial charge in [0.05, 0.1) is 12.6 Å². The minimum atomic E-state index is -1.23. The molecular formula is C14H20FNO2S. The van der Waals surface area contributed by atoms with Crippen molar-refractivity contribution < 1.29 is 13.7 Å². The third-order valence-electron chi connectivity index (χ3n) is 3.12. The zero-order valence-corrected chi connectivity index (χ0v) is 12.6. The molecule has 0 aliphatic carbocycles. The summed E-state index contributed by atoms with van der Waals surface area (Å²) in [6, 6.07) is 2.92. The first-order valence-corrected chi connectivity index (χ1v) is 7.57. The summed E-state index contributed by atoms with van der Waals surface area (Å²) in [5, 5.41) is 0. The second kappa shape index (κ2) is 5.31. The van der Waals surface area contributed by atoms with Gasteiger partial charge >= 0.3 is 0 Å². The van der Waals surface area contributed by atoms with Crippen LogP contribution in [0.1, 0.15) is 44.9 Å². The quantitative estimate of drug-likeness (QED) is 0.869. The van der Waals surface area contributed by atoms with E-state index in [1.165, 1.54) is 6.07 Å². The van der Waals surface area contributed by atoms with Crippen molar-refractivity contribution in [2.45, 2.75) is 44.9 Å². The normalized spacial score (nSPS) is 17.8. The van der Waals surface area contributed by atoms with E-state index in [0.29, 0.717) is 12.2 Å². The molecule has 0 radical (unpaired) electrons. The lowest BCUT2D eigenvalue weighted by Gasteiger charge is -2.26. The first-order chi connectivity index (χ1) is 8.79. The molecule has 0 amide bonds. The van der Waals surface area contributed by atoms with Gasteiger partial charge in [0, 0.05) is 28.9 Å². The van der Waals surface area contributed by atoms with E-state index in [4.69, 9.17) is 4.74 Å². The molecule has 0 fully saturated rings. The molecule has 0 aromatic heterocycles. The van der Waals surface area contributed by atoms with Crippen LogP contribution in [-0.4, -0.2) is 15.9 Å². The Hall–Kier alpha value is -0.780. The molecule has 3 nitrogen and oxygen atoms in total. The Labute approximate surface area is 116 Å². The van der Waals surface area contributed by atoms with Gasteiger partial charge in [-0.1, -0.05) is 0 Å². The van der Waals surface area contributed by atoms with Crippen LogP contribution in [-0.2, 0) is 17.8 Å². The summed E-state index contributed by atoms with van der Waals surface area (Å²) in [7, 11) is 0. The average Bonchev–Trinajstić information content (AvgIpc) is 2.73. The zero-order chi connectivity index (χ0) is 14.2. The third kappa shape index (κ3) is 3.22. The Kier molecular flexibility index (Phi) is 4.08. The highest BCUT2D eigenvalue weighted by Gasteiger charge is 2.29. The predicted octanol–water partition coefficient (Wildman–Crippen LogP) is 2.87. The molecule has 1 aliphatic heterocycles. The molecule has 106 valence electrons. The van der Waals surface area contributed by atoms with Gasteiger partial charge in [0.2, 0.25) is 0 Å². The molecule has 1 heterocycles. The lowest BCUT2D eigenvalue weighted by molar-refractivity contribution is 0.356. The molecule has 0 bridgehead atoms. The second-order valence-corrected chi connectivity index (χ2v) is 7.80. The monoisotopic (exact) mass is 285 g/mol. The molecule has 2 atom stereocenters. The fraction of sp³-hybridized carbons (Fsp3) is 0.571. The summed E-state index contributed by atoms with van der Waals surface area (Å²) in [6.45, 7) is 8.05. The van der Waals surface area contributed by atoms with Gasteiger partial charge in [0.25, 0.3) is 0 Å². The molecule has 5 heteroatoms. The number of nitrogens with one attached hydrogen (secondary N) is 1. The van der Waals surface area contributed by atoms with Gasteiger partial charge in [-0.2, -0.15) is 0 Å². The molecular weight excluding hydrogens is 265 g/mol. The van der Waals surface area contributed by atoms with Gasteiger partial charge in [-0.25, -0.2) is 4.39 Å². The highest BCUT2D eigenvalue weighted by molar-refractivity contribution is 7.90. The maximum atomic E-state index is 14.0. The van der Waals surface area contributed by atoms with Gasteiger partial charge in [-0.3, -0.25) is 0 Å². The minimum Gasteiger partial charge on any atom is -0.598 e. The van der Waals surface area contributed by atoms with Crippen LogP contribution in [0.2, 0.25) is 0 Å². The molecule has 1 N–H and O–H groups in total. The summed E-state index contributed by atoms with van der Waals surface area (Å²) in [5.41, 5.74) is 1.41. The van der Waals surface area contributed by atoms with E-state index in [2.05, 4.69) is 4.72 Å². The van der Waals surface area contributed by atoms with Gasteiger partial charge in [-0.15, -0.1) is 4.72 Å².